The normalized spacial score (nSPS) is 29.2. The van der Waals surface area contributed by atoms with Gasteiger partial charge in [-0.25, -0.2) is 0 Å². The highest BCUT2D eigenvalue weighted by Gasteiger charge is 2.41. The first-order valence-corrected chi connectivity index (χ1v) is 6.16. The highest BCUT2D eigenvalue weighted by molar-refractivity contribution is 5.24. The summed E-state index contributed by atoms with van der Waals surface area (Å²) in [6.45, 7) is 0.236. The van der Waals surface area contributed by atoms with Crippen molar-refractivity contribution in [1.29, 1.82) is 0 Å². The fourth-order valence-electron chi connectivity index (χ4n) is 2.55. The van der Waals surface area contributed by atoms with Crippen molar-refractivity contribution in [3.63, 3.8) is 0 Å². The van der Waals surface area contributed by atoms with Gasteiger partial charge < -0.3 is 14.6 Å². The third kappa shape index (κ3) is 2.68. The maximum absolute atomic E-state index is 10.8. The molecule has 1 aromatic carbocycles. The van der Waals surface area contributed by atoms with Crippen molar-refractivity contribution < 1.29 is 14.6 Å². The quantitative estimate of drug-likeness (QED) is 0.816. The van der Waals surface area contributed by atoms with Gasteiger partial charge in [-0.3, -0.25) is 0 Å². The largest absolute Gasteiger partial charge is 0.382 e. The predicted octanol–water partition coefficient (Wildman–Crippen LogP) is 2.44. The van der Waals surface area contributed by atoms with Crippen molar-refractivity contribution in [2.24, 2.45) is 0 Å². The molecule has 1 N–H and O–H groups in total. The zero-order valence-electron chi connectivity index (χ0n) is 10.3. The van der Waals surface area contributed by atoms with Gasteiger partial charge in [0, 0.05) is 7.11 Å². The second kappa shape index (κ2) is 5.63. The second-order valence-corrected chi connectivity index (χ2v) is 4.60. The lowest BCUT2D eigenvalue weighted by molar-refractivity contribution is -0.175. The number of rotatable bonds is 4. The lowest BCUT2D eigenvalue weighted by Gasteiger charge is -2.39. The van der Waals surface area contributed by atoms with Crippen LogP contribution in [0.25, 0.3) is 0 Å². The Bertz CT molecular complexity index is 339. The molecule has 1 aliphatic rings. The Hall–Kier alpha value is -0.900. The Morgan fingerprint density at radius 2 is 2.06 bits per heavy atom. The number of aliphatic hydroxyl groups is 1. The van der Waals surface area contributed by atoms with Crippen LogP contribution in [0.2, 0.25) is 0 Å². The van der Waals surface area contributed by atoms with Gasteiger partial charge in [0.2, 0.25) is 0 Å². The van der Waals surface area contributed by atoms with Crippen LogP contribution in [0, 0.1) is 0 Å². The van der Waals surface area contributed by atoms with E-state index in [0.717, 1.165) is 31.2 Å². The van der Waals surface area contributed by atoms with Gasteiger partial charge in [-0.2, -0.15) is 0 Å². The summed E-state index contributed by atoms with van der Waals surface area (Å²) >= 11 is 0. The van der Waals surface area contributed by atoms with Gasteiger partial charge in [-0.15, -0.1) is 0 Å². The number of methoxy groups -OCH3 is 1. The van der Waals surface area contributed by atoms with Gasteiger partial charge in [0.25, 0.3) is 0 Å². The molecule has 0 saturated heterocycles. The van der Waals surface area contributed by atoms with Gasteiger partial charge in [-0.1, -0.05) is 43.2 Å². The molecule has 0 radical (unpaired) electrons. The Labute approximate surface area is 102 Å². The van der Waals surface area contributed by atoms with Crippen LogP contribution >= 0.6 is 0 Å². The first-order chi connectivity index (χ1) is 8.27. The zero-order chi connectivity index (χ0) is 12.1. The molecule has 1 saturated carbocycles. The fourth-order valence-corrected chi connectivity index (χ4v) is 2.55. The molecule has 1 aromatic rings. The van der Waals surface area contributed by atoms with Crippen LogP contribution in [-0.2, 0) is 15.1 Å². The topological polar surface area (TPSA) is 38.7 Å². The smallest absolute Gasteiger partial charge is 0.146 e. The molecular weight excluding hydrogens is 216 g/mol. The first-order valence-electron chi connectivity index (χ1n) is 6.16. The third-order valence-corrected chi connectivity index (χ3v) is 3.47. The average Bonchev–Trinajstić information content (AvgIpc) is 2.39. The van der Waals surface area contributed by atoms with Crippen LogP contribution < -0.4 is 0 Å². The zero-order valence-corrected chi connectivity index (χ0v) is 10.3. The van der Waals surface area contributed by atoms with E-state index < -0.39 is 5.60 Å². The van der Waals surface area contributed by atoms with Gasteiger partial charge in [0.15, 0.2) is 0 Å². The van der Waals surface area contributed by atoms with E-state index in [2.05, 4.69) is 0 Å². The van der Waals surface area contributed by atoms with E-state index in [9.17, 15) is 5.11 Å². The standard InChI is InChI=1S/C14H20O3/c1-16-11-17-13-9-5-6-10-14(13,15)12-7-3-2-4-8-12/h2-4,7-8,13,15H,5-6,9-11H2,1H3/t13-,14-/m0/s1. The molecule has 1 aliphatic carbocycles. The number of benzene rings is 1. The predicted molar refractivity (Wildman–Crippen MR) is 65.6 cm³/mol. The SMILES string of the molecule is COCO[C@H]1CCCC[C@]1(O)c1ccccc1. The van der Waals surface area contributed by atoms with Crippen molar-refractivity contribution in [1.82, 2.24) is 0 Å². The summed E-state index contributed by atoms with van der Waals surface area (Å²) in [6, 6.07) is 9.80. The molecule has 0 amide bonds. The minimum atomic E-state index is -0.863. The van der Waals surface area contributed by atoms with Crippen LogP contribution in [-0.4, -0.2) is 25.1 Å². The Morgan fingerprint density at radius 1 is 1.29 bits per heavy atom. The van der Waals surface area contributed by atoms with E-state index in [-0.39, 0.29) is 12.9 Å². The van der Waals surface area contributed by atoms with Crippen molar-refractivity contribution in [2.45, 2.75) is 37.4 Å². The molecular formula is C14H20O3. The lowest BCUT2D eigenvalue weighted by Crippen LogP contribution is -2.44. The van der Waals surface area contributed by atoms with E-state index in [0.29, 0.717) is 0 Å². The highest BCUT2D eigenvalue weighted by Crippen LogP contribution is 2.38. The van der Waals surface area contributed by atoms with E-state index in [1.165, 1.54) is 0 Å². The number of ether oxygens (including phenoxy) is 2. The Balaban J connectivity index is 2.19. The summed E-state index contributed by atoms with van der Waals surface area (Å²) in [4.78, 5) is 0. The van der Waals surface area contributed by atoms with E-state index in [1.807, 2.05) is 30.3 Å². The van der Waals surface area contributed by atoms with E-state index in [4.69, 9.17) is 9.47 Å². The molecule has 0 unspecified atom stereocenters. The number of hydrogen-bond donors (Lipinski definition) is 1. The fraction of sp³-hybridized carbons (Fsp3) is 0.571. The summed E-state index contributed by atoms with van der Waals surface area (Å²) in [5.74, 6) is 0. The van der Waals surface area contributed by atoms with Gasteiger partial charge in [0.05, 0.1) is 6.10 Å². The molecule has 0 aromatic heterocycles. The first kappa shape index (κ1) is 12.6. The molecule has 0 aliphatic heterocycles. The number of hydrogen-bond acceptors (Lipinski definition) is 3. The molecule has 0 bridgehead atoms. The maximum atomic E-state index is 10.8. The molecule has 17 heavy (non-hydrogen) atoms. The average molecular weight is 236 g/mol. The van der Waals surface area contributed by atoms with Crippen molar-refractivity contribution >= 4 is 0 Å². The van der Waals surface area contributed by atoms with Crippen LogP contribution in [0.4, 0.5) is 0 Å². The van der Waals surface area contributed by atoms with Crippen molar-refractivity contribution in [2.75, 3.05) is 13.9 Å². The molecule has 1 fully saturated rings. The Morgan fingerprint density at radius 3 is 2.76 bits per heavy atom. The maximum Gasteiger partial charge on any atom is 0.146 e. The van der Waals surface area contributed by atoms with Crippen molar-refractivity contribution in [3.8, 4) is 0 Å². The monoisotopic (exact) mass is 236 g/mol. The van der Waals surface area contributed by atoms with Gasteiger partial charge >= 0.3 is 0 Å². The third-order valence-electron chi connectivity index (χ3n) is 3.47. The van der Waals surface area contributed by atoms with Crippen LogP contribution in [0.1, 0.15) is 31.2 Å². The van der Waals surface area contributed by atoms with E-state index in [1.54, 1.807) is 7.11 Å². The molecule has 3 nitrogen and oxygen atoms in total. The molecule has 2 rings (SSSR count). The molecule has 0 spiro atoms. The summed E-state index contributed by atoms with van der Waals surface area (Å²) in [6.07, 6.45) is 3.61. The second-order valence-electron chi connectivity index (χ2n) is 4.60. The molecule has 2 atom stereocenters. The van der Waals surface area contributed by atoms with Crippen LogP contribution in [0.3, 0.4) is 0 Å². The minimum absolute atomic E-state index is 0.168. The molecule has 3 heteroatoms. The van der Waals surface area contributed by atoms with E-state index >= 15 is 0 Å². The summed E-state index contributed by atoms with van der Waals surface area (Å²) in [5, 5.41) is 10.8. The molecule has 0 heterocycles. The van der Waals surface area contributed by atoms with Crippen molar-refractivity contribution in [3.05, 3.63) is 35.9 Å². The Kier molecular flexibility index (Phi) is 4.15. The summed E-state index contributed by atoms with van der Waals surface area (Å²) < 4.78 is 10.6. The van der Waals surface area contributed by atoms with Gasteiger partial charge in [-0.05, 0) is 18.4 Å². The summed E-state index contributed by atoms with van der Waals surface area (Å²) in [7, 11) is 1.60. The summed E-state index contributed by atoms with van der Waals surface area (Å²) in [5.41, 5.74) is 0.0821. The van der Waals surface area contributed by atoms with Crippen LogP contribution in [0.5, 0.6) is 0 Å². The minimum Gasteiger partial charge on any atom is -0.382 e. The highest BCUT2D eigenvalue weighted by atomic mass is 16.7. The van der Waals surface area contributed by atoms with Crippen LogP contribution in [0.15, 0.2) is 30.3 Å². The lowest BCUT2D eigenvalue weighted by atomic mass is 9.77. The van der Waals surface area contributed by atoms with Gasteiger partial charge in [0.1, 0.15) is 12.4 Å². The molecule has 94 valence electrons.